The van der Waals surface area contributed by atoms with E-state index in [0.717, 1.165) is 44.5 Å². The number of piperidine rings is 1. The number of hydrogen-bond acceptors (Lipinski definition) is 5. The van der Waals surface area contributed by atoms with E-state index < -0.39 is 16.1 Å². The third-order valence-corrected chi connectivity index (χ3v) is 8.02. The van der Waals surface area contributed by atoms with E-state index >= 15 is 0 Å². The number of nitrogens with zero attached hydrogens (tertiary/aromatic N) is 4. The molecule has 30 heavy (non-hydrogen) atoms. The molecule has 0 N–H and O–H groups in total. The summed E-state index contributed by atoms with van der Waals surface area (Å²) in [5, 5.41) is 8.94. The highest BCUT2D eigenvalue weighted by Crippen LogP contribution is 2.24. The molecule has 0 radical (unpaired) electrons. The fraction of sp³-hybridized carbons (Fsp3) is 0.636. The second-order valence-corrected chi connectivity index (χ2v) is 10.2. The zero-order valence-electron chi connectivity index (χ0n) is 17.8. The third kappa shape index (κ3) is 5.60. The Morgan fingerprint density at radius 2 is 1.83 bits per heavy atom. The van der Waals surface area contributed by atoms with Crippen molar-refractivity contribution < 1.29 is 13.2 Å². The maximum atomic E-state index is 13.3. The second-order valence-electron chi connectivity index (χ2n) is 8.20. The van der Waals surface area contributed by atoms with E-state index in [1.807, 2.05) is 36.1 Å². The van der Waals surface area contributed by atoms with Gasteiger partial charge in [-0.2, -0.15) is 9.57 Å². The topological polar surface area (TPSA) is 84.7 Å². The Kier molecular flexibility index (Phi) is 7.87. The first-order valence-corrected chi connectivity index (χ1v) is 12.5. The number of amides is 1. The van der Waals surface area contributed by atoms with E-state index in [1.165, 1.54) is 4.31 Å². The quantitative estimate of drug-likeness (QED) is 0.688. The normalized spacial score (nSPS) is 21.7. The summed E-state index contributed by atoms with van der Waals surface area (Å²) in [5.74, 6) is 0.0735. The van der Waals surface area contributed by atoms with Crippen LogP contribution >= 0.6 is 0 Å². The Balaban J connectivity index is 1.62. The van der Waals surface area contributed by atoms with Crippen LogP contribution in [0.5, 0.6) is 0 Å². The van der Waals surface area contributed by atoms with Crippen molar-refractivity contribution in [3.05, 3.63) is 35.4 Å². The minimum Gasteiger partial charge on any atom is -0.340 e. The molecule has 2 saturated heterocycles. The summed E-state index contributed by atoms with van der Waals surface area (Å²) >= 11 is 0. The lowest BCUT2D eigenvalue weighted by molar-refractivity contribution is -0.136. The molecule has 1 unspecified atom stereocenters. The molecule has 2 fully saturated rings. The molecule has 1 amide bonds. The van der Waals surface area contributed by atoms with E-state index in [-0.39, 0.29) is 11.7 Å². The molecule has 1 aromatic carbocycles. The number of benzene rings is 1. The largest absolute Gasteiger partial charge is 0.340 e. The number of nitriles is 1. The Labute approximate surface area is 180 Å². The summed E-state index contributed by atoms with van der Waals surface area (Å²) in [6, 6.07) is 9.21. The SMILES string of the molecule is CCCS(=O)(=O)N1CCCCC1C(=O)N1CCCN(Cc2ccc(C#N)cc2)CC1. The fourth-order valence-electron chi connectivity index (χ4n) is 4.36. The van der Waals surface area contributed by atoms with Crippen molar-refractivity contribution in [2.24, 2.45) is 0 Å². The highest BCUT2D eigenvalue weighted by molar-refractivity contribution is 7.89. The van der Waals surface area contributed by atoms with Crippen LogP contribution in [0.4, 0.5) is 0 Å². The first-order chi connectivity index (χ1) is 14.4. The lowest BCUT2D eigenvalue weighted by Gasteiger charge is -2.36. The average molecular weight is 433 g/mol. The maximum absolute atomic E-state index is 13.3. The van der Waals surface area contributed by atoms with Gasteiger partial charge in [0.2, 0.25) is 15.9 Å². The minimum atomic E-state index is -3.38. The van der Waals surface area contributed by atoms with Gasteiger partial charge in [0, 0.05) is 39.3 Å². The predicted molar refractivity (Wildman–Crippen MR) is 116 cm³/mol. The molecule has 2 aliphatic heterocycles. The molecule has 1 aromatic rings. The van der Waals surface area contributed by atoms with Crippen molar-refractivity contribution in [3.63, 3.8) is 0 Å². The van der Waals surface area contributed by atoms with E-state index in [0.29, 0.717) is 38.0 Å². The van der Waals surface area contributed by atoms with Gasteiger partial charge in [0.1, 0.15) is 6.04 Å². The van der Waals surface area contributed by atoms with Gasteiger partial charge < -0.3 is 4.90 Å². The van der Waals surface area contributed by atoms with E-state index in [9.17, 15) is 13.2 Å². The summed E-state index contributed by atoms with van der Waals surface area (Å²) in [6.45, 7) is 6.04. The summed E-state index contributed by atoms with van der Waals surface area (Å²) in [5.41, 5.74) is 1.80. The summed E-state index contributed by atoms with van der Waals surface area (Å²) in [4.78, 5) is 17.5. The highest BCUT2D eigenvalue weighted by atomic mass is 32.2. The second kappa shape index (κ2) is 10.4. The van der Waals surface area contributed by atoms with Gasteiger partial charge in [0.15, 0.2) is 0 Å². The van der Waals surface area contributed by atoms with Crippen molar-refractivity contribution in [1.29, 1.82) is 5.26 Å². The van der Waals surface area contributed by atoms with Crippen LogP contribution in [0.2, 0.25) is 0 Å². The van der Waals surface area contributed by atoms with Gasteiger partial charge in [-0.05, 0) is 43.4 Å². The molecule has 2 heterocycles. The van der Waals surface area contributed by atoms with E-state index in [4.69, 9.17) is 5.26 Å². The molecule has 0 bridgehead atoms. The first kappa shape index (κ1) is 22.7. The van der Waals surface area contributed by atoms with Crippen LogP contribution < -0.4 is 0 Å². The molecule has 0 saturated carbocycles. The standard InChI is InChI=1S/C22H32N4O3S/c1-2-16-30(28,29)26-13-4-3-6-21(26)22(27)25-12-5-11-24(14-15-25)18-20-9-7-19(17-23)8-10-20/h7-10,21H,2-6,11-16,18H2,1H3. The first-order valence-electron chi connectivity index (χ1n) is 10.9. The van der Waals surface area contributed by atoms with Crippen LogP contribution in [0.1, 0.15) is 50.2 Å². The Hall–Kier alpha value is -1.95. The molecule has 0 aromatic heterocycles. The number of hydrogen-bond donors (Lipinski definition) is 0. The number of carbonyl (C=O) groups is 1. The van der Waals surface area contributed by atoms with Crippen LogP contribution in [0.3, 0.4) is 0 Å². The summed E-state index contributed by atoms with van der Waals surface area (Å²) in [7, 11) is -3.38. The molecule has 3 rings (SSSR count). The van der Waals surface area contributed by atoms with Crippen LogP contribution in [0.15, 0.2) is 24.3 Å². The molecule has 8 heteroatoms. The van der Waals surface area contributed by atoms with Crippen molar-refractivity contribution >= 4 is 15.9 Å². The van der Waals surface area contributed by atoms with Gasteiger partial charge in [0.05, 0.1) is 17.4 Å². The molecule has 2 aliphatic rings. The van der Waals surface area contributed by atoms with Crippen molar-refractivity contribution in [3.8, 4) is 6.07 Å². The lowest BCUT2D eigenvalue weighted by Crippen LogP contribution is -2.54. The fourth-order valence-corrected chi connectivity index (χ4v) is 6.10. The smallest absolute Gasteiger partial charge is 0.241 e. The van der Waals surface area contributed by atoms with Crippen molar-refractivity contribution in [2.45, 2.75) is 51.6 Å². The molecular formula is C22H32N4O3S. The Morgan fingerprint density at radius 3 is 2.53 bits per heavy atom. The van der Waals surface area contributed by atoms with E-state index in [2.05, 4.69) is 11.0 Å². The zero-order chi connectivity index (χ0) is 21.6. The third-order valence-electron chi connectivity index (χ3n) is 5.95. The van der Waals surface area contributed by atoms with Gasteiger partial charge >= 0.3 is 0 Å². The van der Waals surface area contributed by atoms with Crippen LogP contribution in [-0.4, -0.2) is 72.9 Å². The summed E-state index contributed by atoms with van der Waals surface area (Å²) in [6.07, 6.45) is 3.77. The van der Waals surface area contributed by atoms with Crippen LogP contribution in [0, 0.1) is 11.3 Å². The van der Waals surface area contributed by atoms with Crippen molar-refractivity contribution in [1.82, 2.24) is 14.1 Å². The molecule has 1 atom stereocenters. The maximum Gasteiger partial charge on any atom is 0.241 e. The average Bonchev–Trinajstić information content (AvgIpc) is 2.99. The zero-order valence-corrected chi connectivity index (χ0v) is 18.6. The highest BCUT2D eigenvalue weighted by Gasteiger charge is 2.38. The minimum absolute atomic E-state index is 0.0328. The van der Waals surface area contributed by atoms with Gasteiger partial charge in [-0.3, -0.25) is 9.69 Å². The predicted octanol–water partition coefficient (Wildman–Crippen LogP) is 2.19. The van der Waals surface area contributed by atoms with Crippen LogP contribution in [-0.2, 0) is 21.4 Å². The molecule has 0 spiro atoms. The van der Waals surface area contributed by atoms with Crippen LogP contribution in [0.25, 0.3) is 0 Å². The van der Waals surface area contributed by atoms with Gasteiger partial charge in [-0.25, -0.2) is 8.42 Å². The number of carbonyl (C=O) groups excluding carboxylic acids is 1. The van der Waals surface area contributed by atoms with Gasteiger partial charge in [-0.1, -0.05) is 25.5 Å². The van der Waals surface area contributed by atoms with E-state index in [1.54, 1.807) is 0 Å². The van der Waals surface area contributed by atoms with Gasteiger partial charge in [-0.15, -0.1) is 0 Å². The number of rotatable bonds is 6. The monoisotopic (exact) mass is 432 g/mol. The lowest BCUT2D eigenvalue weighted by atomic mass is 10.0. The Morgan fingerprint density at radius 1 is 1.07 bits per heavy atom. The number of sulfonamides is 1. The van der Waals surface area contributed by atoms with Gasteiger partial charge in [0.25, 0.3) is 0 Å². The molecule has 0 aliphatic carbocycles. The molecular weight excluding hydrogens is 400 g/mol. The van der Waals surface area contributed by atoms with Crippen molar-refractivity contribution in [2.75, 3.05) is 38.5 Å². The summed E-state index contributed by atoms with van der Waals surface area (Å²) < 4.78 is 26.8. The molecule has 164 valence electrons. The Bertz CT molecular complexity index is 863. The molecule has 7 nitrogen and oxygen atoms in total.